The number of hydrogen-bond acceptors (Lipinski definition) is 4. The number of carbonyl (C=O) groups excluding carboxylic acids is 1. The van der Waals surface area contributed by atoms with E-state index in [1.54, 1.807) is 18.2 Å². The zero-order chi connectivity index (χ0) is 24.3. The summed E-state index contributed by atoms with van der Waals surface area (Å²) in [7, 11) is -2.26. The Kier molecular flexibility index (Phi) is 4.80. The molecule has 3 N–H and O–H groups in total. The Hall–Kier alpha value is -3.95. The first kappa shape index (κ1) is 21.6. The highest BCUT2D eigenvalue weighted by Gasteiger charge is 2.22. The molecule has 0 atom stereocenters. The topological polar surface area (TPSA) is 109 Å². The molecule has 1 aliphatic rings. The number of nitrogens with one attached hydrogen (secondary N) is 3. The van der Waals surface area contributed by atoms with Gasteiger partial charge in [0.1, 0.15) is 5.82 Å². The van der Waals surface area contributed by atoms with Crippen LogP contribution >= 0.6 is 0 Å². The van der Waals surface area contributed by atoms with Gasteiger partial charge < -0.3 is 10.3 Å². The second-order valence-corrected chi connectivity index (χ2v) is 10.7. The lowest BCUT2D eigenvalue weighted by atomic mass is 10.0. The second-order valence-electron chi connectivity index (χ2n) is 8.77. The minimum absolute atomic E-state index is 0.0141. The van der Waals surface area contributed by atoms with Crippen LogP contribution in [0.3, 0.4) is 0 Å². The zero-order valence-electron chi connectivity index (χ0n) is 19.2. The first-order valence-corrected chi connectivity index (χ1v) is 12.8. The summed E-state index contributed by atoms with van der Waals surface area (Å²) >= 11 is 0. The standard InChI is InChI=1S/C26H23N5O3S/c1-15-3-8-19-20(14-28-23(19)11-15)26-30-21-9-7-18(35(33,34)27-2)13-24(21)31(26)17-6-4-16-5-10-25(32)29-22(16)12-17/h3-4,6-9,11-14,27-28H,5,10H2,1-2H3,(H,29,32). The molecule has 0 radical (unpaired) electrons. The number of rotatable bonds is 4. The molecule has 1 aliphatic heterocycles. The Morgan fingerprint density at radius 1 is 1.03 bits per heavy atom. The van der Waals surface area contributed by atoms with E-state index >= 15 is 0 Å². The predicted molar refractivity (Wildman–Crippen MR) is 136 cm³/mol. The van der Waals surface area contributed by atoms with Crippen LogP contribution in [0.2, 0.25) is 0 Å². The summed E-state index contributed by atoms with van der Waals surface area (Å²) in [4.78, 5) is 20.5. The molecule has 2 aromatic heterocycles. The van der Waals surface area contributed by atoms with Gasteiger partial charge in [0, 0.05) is 40.5 Å². The van der Waals surface area contributed by atoms with Crippen molar-refractivity contribution in [3.05, 3.63) is 71.9 Å². The Bertz CT molecular complexity index is 1760. The molecular weight excluding hydrogens is 462 g/mol. The van der Waals surface area contributed by atoms with Gasteiger partial charge in [0.2, 0.25) is 15.9 Å². The average Bonchev–Trinajstić information content (AvgIpc) is 3.43. The van der Waals surface area contributed by atoms with E-state index in [9.17, 15) is 13.2 Å². The molecule has 9 heteroatoms. The molecule has 8 nitrogen and oxygen atoms in total. The Morgan fingerprint density at radius 3 is 2.71 bits per heavy atom. The van der Waals surface area contributed by atoms with E-state index in [0.29, 0.717) is 29.7 Å². The van der Waals surface area contributed by atoms with E-state index in [0.717, 1.165) is 39.0 Å². The molecule has 0 saturated carbocycles. The highest BCUT2D eigenvalue weighted by molar-refractivity contribution is 7.89. The van der Waals surface area contributed by atoms with Gasteiger partial charge in [-0.25, -0.2) is 18.1 Å². The van der Waals surface area contributed by atoms with Gasteiger partial charge >= 0.3 is 0 Å². The monoisotopic (exact) mass is 485 g/mol. The number of aromatic nitrogens is 3. The van der Waals surface area contributed by atoms with E-state index in [-0.39, 0.29) is 10.8 Å². The molecule has 3 heterocycles. The number of anilines is 1. The quantitative estimate of drug-likeness (QED) is 0.353. The van der Waals surface area contributed by atoms with Gasteiger partial charge in [0.15, 0.2) is 0 Å². The van der Waals surface area contributed by atoms with Crippen LogP contribution in [-0.2, 0) is 21.2 Å². The zero-order valence-corrected chi connectivity index (χ0v) is 20.0. The smallest absolute Gasteiger partial charge is 0.240 e. The van der Waals surface area contributed by atoms with Gasteiger partial charge in [0.25, 0.3) is 0 Å². The maximum absolute atomic E-state index is 12.6. The maximum atomic E-state index is 12.6. The van der Waals surface area contributed by atoms with Crippen molar-refractivity contribution >= 4 is 43.6 Å². The van der Waals surface area contributed by atoms with Crippen LogP contribution in [0.1, 0.15) is 17.5 Å². The van der Waals surface area contributed by atoms with Crippen molar-refractivity contribution in [3.63, 3.8) is 0 Å². The second kappa shape index (κ2) is 7.79. The van der Waals surface area contributed by atoms with Crippen molar-refractivity contribution in [1.82, 2.24) is 19.3 Å². The molecule has 1 amide bonds. The van der Waals surface area contributed by atoms with Gasteiger partial charge in [-0.3, -0.25) is 9.36 Å². The average molecular weight is 486 g/mol. The third kappa shape index (κ3) is 3.51. The molecule has 5 aromatic rings. The molecule has 0 spiro atoms. The SMILES string of the molecule is CNS(=O)(=O)c1ccc2nc(-c3c[nH]c4cc(C)ccc34)n(-c3ccc4c(c3)NC(=O)CC4)c2c1. The molecule has 3 aromatic carbocycles. The van der Waals surface area contributed by atoms with Crippen molar-refractivity contribution in [3.8, 4) is 17.1 Å². The van der Waals surface area contributed by atoms with Crippen LogP contribution in [-0.4, -0.2) is 35.9 Å². The molecule has 0 unspecified atom stereocenters. The van der Waals surface area contributed by atoms with Crippen molar-refractivity contribution < 1.29 is 13.2 Å². The third-order valence-corrected chi connectivity index (χ3v) is 7.94. The molecule has 6 rings (SSSR count). The maximum Gasteiger partial charge on any atom is 0.240 e. The fraction of sp³-hybridized carbons (Fsp3) is 0.154. The Labute approximate surface area is 202 Å². The van der Waals surface area contributed by atoms with E-state index < -0.39 is 10.0 Å². The number of hydrogen-bond donors (Lipinski definition) is 3. The molecule has 0 fully saturated rings. The highest BCUT2D eigenvalue weighted by Crippen LogP contribution is 2.36. The number of aryl methyl sites for hydroxylation is 2. The lowest BCUT2D eigenvalue weighted by Crippen LogP contribution is -2.19. The number of H-pyrrole nitrogens is 1. The van der Waals surface area contributed by atoms with E-state index in [4.69, 9.17) is 4.98 Å². The molecule has 0 bridgehead atoms. The van der Waals surface area contributed by atoms with Crippen molar-refractivity contribution in [2.75, 3.05) is 12.4 Å². The summed E-state index contributed by atoms with van der Waals surface area (Å²) < 4.78 is 29.5. The van der Waals surface area contributed by atoms with Crippen LogP contribution in [0.15, 0.2) is 65.7 Å². The van der Waals surface area contributed by atoms with Crippen molar-refractivity contribution in [2.24, 2.45) is 0 Å². The Morgan fingerprint density at radius 2 is 1.89 bits per heavy atom. The lowest BCUT2D eigenvalue weighted by molar-refractivity contribution is -0.116. The first-order valence-electron chi connectivity index (χ1n) is 11.3. The van der Waals surface area contributed by atoms with E-state index in [1.807, 2.05) is 35.9 Å². The molecule has 35 heavy (non-hydrogen) atoms. The minimum atomic E-state index is -3.65. The number of carbonyl (C=O) groups is 1. The van der Waals surface area contributed by atoms with Crippen molar-refractivity contribution in [1.29, 1.82) is 0 Å². The van der Waals surface area contributed by atoms with Gasteiger partial charge in [0.05, 0.1) is 15.9 Å². The summed E-state index contributed by atoms with van der Waals surface area (Å²) in [5, 5.41) is 3.98. The number of fused-ring (bicyclic) bond motifs is 3. The number of amides is 1. The molecular formula is C26H23N5O3S. The molecule has 0 aliphatic carbocycles. The van der Waals surface area contributed by atoms with Crippen LogP contribution in [0.25, 0.3) is 39.0 Å². The normalized spacial score (nSPS) is 13.8. The summed E-state index contributed by atoms with van der Waals surface area (Å²) in [6.45, 7) is 2.04. The summed E-state index contributed by atoms with van der Waals surface area (Å²) in [5.74, 6) is 0.663. The van der Waals surface area contributed by atoms with E-state index in [2.05, 4.69) is 33.2 Å². The number of sulfonamides is 1. The van der Waals surface area contributed by atoms with E-state index in [1.165, 1.54) is 7.05 Å². The number of imidazole rings is 1. The van der Waals surface area contributed by atoms with Crippen molar-refractivity contribution in [2.45, 2.75) is 24.7 Å². The predicted octanol–water partition coefficient (Wildman–Crippen LogP) is 4.28. The van der Waals surface area contributed by atoms with Crippen LogP contribution in [0.5, 0.6) is 0 Å². The van der Waals surface area contributed by atoms with Gasteiger partial charge in [-0.15, -0.1) is 0 Å². The fourth-order valence-corrected chi connectivity index (χ4v) is 5.46. The van der Waals surface area contributed by atoms with Gasteiger partial charge in [-0.1, -0.05) is 18.2 Å². The summed E-state index contributed by atoms with van der Waals surface area (Å²) in [6.07, 6.45) is 3.07. The van der Waals surface area contributed by atoms with Gasteiger partial charge in [-0.05, 0) is 67.9 Å². The summed E-state index contributed by atoms with van der Waals surface area (Å²) in [5.41, 5.74) is 6.97. The summed E-state index contributed by atoms with van der Waals surface area (Å²) in [6, 6.07) is 17.0. The molecule has 0 saturated heterocycles. The van der Waals surface area contributed by atoms with Crippen LogP contribution in [0.4, 0.5) is 5.69 Å². The first-order chi connectivity index (χ1) is 16.8. The minimum Gasteiger partial charge on any atom is -0.360 e. The molecule has 176 valence electrons. The number of aromatic amines is 1. The largest absolute Gasteiger partial charge is 0.360 e. The highest BCUT2D eigenvalue weighted by atomic mass is 32.2. The third-order valence-electron chi connectivity index (χ3n) is 6.53. The number of nitrogens with zero attached hydrogens (tertiary/aromatic N) is 2. The Balaban J connectivity index is 1.66. The lowest BCUT2D eigenvalue weighted by Gasteiger charge is -2.19. The number of benzene rings is 3. The van der Waals surface area contributed by atoms with Crippen LogP contribution in [0, 0.1) is 6.92 Å². The van der Waals surface area contributed by atoms with Gasteiger partial charge in [-0.2, -0.15) is 0 Å². The van der Waals surface area contributed by atoms with Crippen LogP contribution < -0.4 is 10.0 Å². The fourth-order valence-electron chi connectivity index (χ4n) is 4.71.